The Balaban J connectivity index is 1.75. The van der Waals surface area contributed by atoms with E-state index in [1.807, 2.05) is 55.5 Å². The van der Waals surface area contributed by atoms with Gasteiger partial charge in [-0.1, -0.05) is 48.0 Å². The highest BCUT2D eigenvalue weighted by atomic mass is 35.5. The van der Waals surface area contributed by atoms with Crippen LogP contribution in [0.1, 0.15) is 31.0 Å². The normalized spacial score (nSPS) is 15.8. The minimum absolute atomic E-state index is 0.0305. The molecule has 0 bridgehead atoms. The lowest BCUT2D eigenvalue weighted by molar-refractivity contribution is -0.114. The zero-order chi connectivity index (χ0) is 19.7. The van der Waals surface area contributed by atoms with E-state index in [1.54, 1.807) is 11.6 Å². The molecular formula is C21H19ClN4O2. The molecule has 0 radical (unpaired) electrons. The monoisotopic (exact) mass is 394 g/mol. The van der Waals surface area contributed by atoms with Gasteiger partial charge < -0.3 is 10.1 Å². The van der Waals surface area contributed by atoms with Crippen LogP contribution in [0.3, 0.4) is 0 Å². The highest BCUT2D eigenvalue weighted by Crippen LogP contribution is 2.39. The van der Waals surface area contributed by atoms with Crippen LogP contribution >= 0.6 is 11.6 Å². The van der Waals surface area contributed by atoms with E-state index in [0.29, 0.717) is 28.9 Å². The van der Waals surface area contributed by atoms with Gasteiger partial charge >= 0.3 is 0 Å². The lowest BCUT2D eigenvalue weighted by Crippen LogP contribution is -2.28. The summed E-state index contributed by atoms with van der Waals surface area (Å²) < 4.78 is 7.82. The Kier molecular flexibility index (Phi) is 4.88. The van der Waals surface area contributed by atoms with Crippen molar-refractivity contribution in [3.8, 4) is 5.75 Å². The molecule has 1 aliphatic rings. The summed E-state index contributed by atoms with van der Waals surface area (Å²) in [5.41, 5.74) is 3.13. The number of ketones is 1. The number of hydrogen-bond donors (Lipinski definition) is 1. The fourth-order valence-corrected chi connectivity index (χ4v) is 3.63. The first-order valence-electron chi connectivity index (χ1n) is 8.89. The number of carbonyl (C=O) groups is 1. The van der Waals surface area contributed by atoms with Gasteiger partial charge in [0.1, 0.15) is 24.7 Å². The molecule has 6 nitrogen and oxygen atoms in total. The molecule has 1 N–H and O–H groups in total. The fraction of sp³-hybridized carbons (Fsp3) is 0.190. The number of nitrogens with one attached hydrogen (secondary N) is 1. The second-order valence-corrected chi connectivity index (χ2v) is 6.98. The molecule has 2 aromatic carbocycles. The number of carbonyl (C=O) groups excluding carboxylic acids is 1. The summed E-state index contributed by atoms with van der Waals surface area (Å²) in [4.78, 5) is 16.7. The molecule has 0 spiro atoms. The molecule has 1 unspecified atom stereocenters. The summed E-state index contributed by atoms with van der Waals surface area (Å²) >= 11 is 6.25. The average molecular weight is 395 g/mol. The van der Waals surface area contributed by atoms with Crippen molar-refractivity contribution in [2.24, 2.45) is 0 Å². The molecule has 4 rings (SSSR count). The van der Waals surface area contributed by atoms with Crippen LogP contribution in [0.15, 0.2) is 66.1 Å². The van der Waals surface area contributed by atoms with Gasteiger partial charge in [-0.05, 0) is 26.0 Å². The molecule has 0 amide bonds. The third-order valence-corrected chi connectivity index (χ3v) is 5.10. The Morgan fingerprint density at radius 2 is 1.96 bits per heavy atom. The van der Waals surface area contributed by atoms with Crippen molar-refractivity contribution < 1.29 is 9.53 Å². The van der Waals surface area contributed by atoms with Crippen LogP contribution in [-0.4, -0.2) is 20.5 Å². The first kappa shape index (κ1) is 18.3. The number of ether oxygens (including phenoxy) is 1. The molecule has 1 aromatic heterocycles. The topological polar surface area (TPSA) is 69.0 Å². The van der Waals surface area contributed by atoms with Crippen LogP contribution in [-0.2, 0) is 11.4 Å². The van der Waals surface area contributed by atoms with Crippen molar-refractivity contribution in [3.63, 3.8) is 0 Å². The van der Waals surface area contributed by atoms with Crippen molar-refractivity contribution in [2.75, 3.05) is 5.32 Å². The van der Waals surface area contributed by atoms with E-state index >= 15 is 0 Å². The summed E-state index contributed by atoms with van der Waals surface area (Å²) in [6.45, 7) is 3.75. The smallest absolute Gasteiger partial charge is 0.226 e. The summed E-state index contributed by atoms with van der Waals surface area (Å²) in [5.74, 6) is 1.23. The zero-order valence-electron chi connectivity index (χ0n) is 15.5. The molecule has 1 atom stereocenters. The van der Waals surface area contributed by atoms with Crippen molar-refractivity contribution >= 4 is 23.3 Å². The summed E-state index contributed by atoms with van der Waals surface area (Å²) in [7, 11) is 0. The minimum atomic E-state index is -0.418. The Labute approximate surface area is 167 Å². The van der Waals surface area contributed by atoms with E-state index in [0.717, 1.165) is 16.8 Å². The Hall–Kier alpha value is -3.12. The SMILES string of the molecule is CC(=O)C1=C(C)Nc2ncnn2C1c1ccccc1OCc1ccccc1Cl. The molecule has 7 heteroatoms. The zero-order valence-corrected chi connectivity index (χ0v) is 16.3. The minimum Gasteiger partial charge on any atom is -0.488 e. The Bertz CT molecular complexity index is 1070. The third kappa shape index (κ3) is 3.27. The lowest BCUT2D eigenvalue weighted by Gasteiger charge is -2.29. The summed E-state index contributed by atoms with van der Waals surface area (Å²) in [6, 6.07) is 14.8. The molecule has 28 heavy (non-hydrogen) atoms. The van der Waals surface area contributed by atoms with Crippen LogP contribution < -0.4 is 10.1 Å². The van der Waals surface area contributed by atoms with Gasteiger partial charge in [0, 0.05) is 27.4 Å². The van der Waals surface area contributed by atoms with Crippen molar-refractivity contribution in [1.82, 2.24) is 14.8 Å². The average Bonchev–Trinajstić information content (AvgIpc) is 3.14. The Morgan fingerprint density at radius 1 is 1.21 bits per heavy atom. The third-order valence-electron chi connectivity index (χ3n) is 4.73. The summed E-state index contributed by atoms with van der Waals surface area (Å²) in [5, 5.41) is 8.13. The predicted molar refractivity (Wildman–Crippen MR) is 107 cm³/mol. The van der Waals surface area contributed by atoms with Crippen LogP contribution in [0.4, 0.5) is 5.95 Å². The van der Waals surface area contributed by atoms with E-state index in [-0.39, 0.29) is 5.78 Å². The lowest BCUT2D eigenvalue weighted by atomic mass is 9.92. The van der Waals surface area contributed by atoms with Crippen molar-refractivity contribution in [2.45, 2.75) is 26.5 Å². The number of benzene rings is 2. The van der Waals surface area contributed by atoms with Gasteiger partial charge in [0.2, 0.25) is 5.95 Å². The van der Waals surface area contributed by atoms with Gasteiger partial charge in [0.25, 0.3) is 0 Å². The number of para-hydroxylation sites is 1. The maximum absolute atomic E-state index is 12.4. The molecule has 142 valence electrons. The van der Waals surface area contributed by atoms with E-state index in [2.05, 4.69) is 15.4 Å². The fourth-order valence-electron chi connectivity index (χ4n) is 3.44. The highest BCUT2D eigenvalue weighted by molar-refractivity contribution is 6.31. The van der Waals surface area contributed by atoms with E-state index in [4.69, 9.17) is 16.3 Å². The van der Waals surface area contributed by atoms with Crippen LogP contribution in [0.2, 0.25) is 5.02 Å². The first-order valence-corrected chi connectivity index (χ1v) is 9.27. The maximum atomic E-state index is 12.4. The van der Waals surface area contributed by atoms with Gasteiger partial charge in [-0.3, -0.25) is 4.79 Å². The molecule has 0 saturated carbocycles. The standard InChI is InChI=1S/C21H19ClN4O2/c1-13-19(14(2)27)20(26-21(25-13)23-12-24-26)16-8-4-6-10-18(16)28-11-15-7-3-5-9-17(15)22/h3-10,12,20H,11H2,1-2H3,(H,23,24,25). The second-order valence-electron chi connectivity index (χ2n) is 6.57. The molecule has 3 aromatic rings. The first-order chi connectivity index (χ1) is 13.6. The van der Waals surface area contributed by atoms with Gasteiger partial charge in [0.15, 0.2) is 5.78 Å². The van der Waals surface area contributed by atoms with Crippen LogP contribution in [0.25, 0.3) is 0 Å². The number of nitrogens with zero attached hydrogens (tertiary/aromatic N) is 3. The summed E-state index contributed by atoms with van der Waals surface area (Å²) in [6.07, 6.45) is 1.47. The number of anilines is 1. The second kappa shape index (κ2) is 7.48. The molecule has 1 aliphatic heterocycles. The molecule has 0 fully saturated rings. The van der Waals surface area contributed by atoms with E-state index < -0.39 is 6.04 Å². The molecule has 2 heterocycles. The number of halogens is 1. The van der Waals surface area contributed by atoms with Gasteiger partial charge in [-0.2, -0.15) is 10.1 Å². The van der Waals surface area contributed by atoms with E-state index in [9.17, 15) is 4.79 Å². The van der Waals surface area contributed by atoms with Crippen molar-refractivity contribution in [3.05, 3.63) is 82.3 Å². The molecule has 0 aliphatic carbocycles. The maximum Gasteiger partial charge on any atom is 0.226 e. The number of fused-ring (bicyclic) bond motifs is 1. The predicted octanol–water partition coefficient (Wildman–Crippen LogP) is 4.39. The quantitative estimate of drug-likeness (QED) is 0.695. The van der Waals surface area contributed by atoms with Crippen LogP contribution in [0.5, 0.6) is 5.75 Å². The van der Waals surface area contributed by atoms with Gasteiger partial charge in [-0.25, -0.2) is 4.68 Å². The van der Waals surface area contributed by atoms with Gasteiger partial charge in [-0.15, -0.1) is 0 Å². The number of hydrogen-bond acceptors (Lipinski definition) is 5. The largest absolute Gasteiger partial charge is 0.488 e. The highest BCUT2D eigenvalue weighted by Gasteiger charge is 2.33. The number of allylic oxidation sites excluding steroid dienone is 2. The number of rotatable bonds is 5. The Morgan fingerprint density at radius 3 is 2.75 bits per heavy atom. The van der Waals surface area contributed by atoms with Gasteiger partial charge in [0.05, 0.1) is 0 Å². The molecular weight excluding hydrogens is 376 g/mol. The molecule has 0 saturated heterocycles. The number of Topliss-reactive ketones (excluding diaryl/α,β-unsaturated/α-hetero) is 1. The number of aromatic nitrogens is 3. The van der Waals surface area contributed by atoms with Crippen LogP contribution in [0, 0.1) is 0 Å². The van der Waals surface area contributed by atoms with Crippen molar-refractivity contribution in [1.29, 1.82) is 0 Å². The van der Waals surface area contributed by atoms with E-state index in [1.165, 1.54) is 6.33 Å².